The van der Waals surface area contributed by atoms with Crippen molar-refractivity contribution in [3.05, 3.63) is 23.8 Å². The Kier molecular flexibility index (Phi) is 7.01. The van der Waals surface area contributed by atoms with Crippen LogP contribution in [0.2, 0.25) is 0 Å². The molecule has 0 saturated carbocycles. The van der Waals surface area contributed by atoms with Gasteiger partial charge in [-0.3, -0.25) is 4.79 Å². The summed E-state index contributed by atoms with van der Waals surface area (Å²) in [7, 11) is 0. The van der Waals surface area contributed by atoms with Crippen LogP contribution < -0.4 is 4.74 Å². The maximum atomic E-state index is 10.9. The lowest BCUT2D eigenvalue weighted by Gasteiger charge is -2.14. The second-order valence-corrected chi connectivity index (χ2v) is 5.07. The second kappa shape index (κ2) is 8.57. The van der Waals surface area contributed by atoms with Gasteiger partial charge in [-0.15, -0.1) is 0 Å². The number of rotatable bonds is 9. The average Bonchev–Trinajstić information content (AvgIpc) is 2.41. The fourth-order valence-electron chi connectivity index (χ4n) is 2.01. The van der Waals surface area contributed by atoms with Crippen molar-refractivity contribution in [1.29, 1.82) is 0 Å². The smallest absolute Gasteiger partial charge is 0.157 e. The van der Waals surface area contributed by atoms with Gasteiger partial charge in [0.2, 0.25) is 0 Å². The van der Waals surface area contributed by atoms with Crippen LogP contribution in [0, 0.1) is 5.92 Å². The monoisotopic (exact) mass is 264 g/mol. The molecule has 0 spiro atoms. The molecule has 0 aromatic heterocycles. The minimum Gasteiger partial charge on any atom is -0.507 e. The highest BCUT2D eigenvalue weighted by atomic mass is 16.5. The lowest BCUT2D eigenvalue weighted by molar-refractivity contribution is 0.111. The van der Waals surface area contributed by atoms with E-state index in [1.54, 1.807) is 12.1 Å². The maximum Gasteiger partial charge on any atom is 0.157 e. The highest BCUT2D eigenvalue weighted by molar-refractivity contribution is 5.83. The number of benzene rings is 1. The largest absolute Gasteiger partial charge is 0.507 e. The number of aldehydes is 1. The Morgan fingerprint density at radius 2 is 2.11 bits per heavy atom. The third kappa shape index (κ3) is 5.33. The molecule has 0 radical (unpaired) electrons. The Bertz CT molecular complexity index is 388. The SMILES string of the molecule is CCCCCCC(C)COc1cccc(O)c1C=O. The first kappa shape index (κ1) is 15.5. The first-order valence-corrected chi connectivity index (χ1v) is 7.09. The van der Waals surface area contributed by atoms with Crippen LogP contribution in [0.15, 0.2) is 18.2 Å². The third-order valence-corrected chi connectivity index (χ3v) is 3.23. The van der Waals surface area contributed by atoms with Gasteiger partial charge in [0, 0.05) is 0 Å². The van der Waals surface area contributed by atoms with Gasteiger partial charge in [0.1, 0.15) is 11.5 Å². The molecule has 106 valence electrons. The zero-order valence-corrected chi connectivity index (χ0v) is 11.9. The minimum atomic E-state index is -0.0249. The van der Waals surface area contributed by atoms with Crippen molar-refractivity contribution in [2.45, 2.75) is 46.0 Å². The molecule has 3 nitrogen and oxygen atoms in total. The molecule has 0 fully saturated rings. The van der Waals surface area contributed by atoms with Crippen LogP contribution in [-0.4, -0.2) is 18.0 Å². The van der Waals surface area contributed by atoms with Crippen LogP contribution in [0.4, 0.5) is 0 Å². The molecule has 0 aliphatic carbocycles. The van der Waals surface area contributed by atoms with E-state index in [-0.39, 0.29) is 11.3 Å². The maximum absolute atomic E-state index is 10.9. The van der Waals surface area contributed by atoms with Gasteiger partial charge in [-0.1, -0.05) is 45.6 Å². The molecule has 1 aromatic carbocycles. The lowest BCUT2D eigenvalue weighted by atomic mass is 10.0. The summed E-state index contributed by atoms with van der Waals surface area (Å²) in [5.74, 6) is 0.900. The van der Waals surface area contributed by atoms with Gasteiger partial charge in [0.15, 0.2) is 6.29 Å². The lowest BCUT2D eigenvalue weighted by Crippen LogP contribution is -2.09. The highest BCUT2D eigenvalue weighted by Crippen LogP contribution is 2.26. The normalized spacial score (nSPS) is 12.1. The summed E-state index contributed by atoms with van der Waals surface area (Å²) in [4.78, 5) is 10.9. The van der Waals surface area contributed by atoms with Crippen molar-refractivity contribution in [1.82, 2.24) is 0 Å². The van der Waals surface area contributed by atoms with Crippen molar-refractivity contribution < 1.29 is 14.6 Å². The molecule has 0 saturated heterocycles. The van der Waals surface area contributed by atoms with E-state index in [1.165, 1.54) is 31.7 Å². The molecule has 0 heterocycles. The summed E-state index contributed by atoms with van der Waals surface area (Å²) < 4.78 is 5.64. The molecule has 1 N–H and O–H groups in total. The van der Waals surface area contributed by atoms with E-state index in [0.29, 0.717) is 24.6 Å². The number of carbonyl (C=O) groups excluding carboxylic acids is 1. The number of aromatic hydroxyl groups is 1. The van der Waals surface area contributed by atoms with Gasteiger partial charge in [0.25, 0.3) is 0 Å². The quantitative estimate of drug-likeness (QED) is 0.537. The van der Waals surface area contributed by atoms with Crippen LogP contribution in [0.5, 0.6) is 11.5 Å². The number of unbranched alkanes of at least 4 members (excludes halogenated alkanes) is 3. The zero-order valence-electron chi connectivity index (χ0n) is 11.9. The van der Waals surface area contributed by atoms with Gasteiger partial charge in [-0.2, -0.15) is 0 Å². The van der Waals surface area contributed by atoms with Crippen LogP contribution in [0.3, 0.4) is 0 Å². The summed E-state index contributed by atoms with van der Waals surface area (Å²) in [5, 5.41) is 9.55. The van der Waals surface area contributed by atoms with Crippen LogP contribution >= 0.6 is 0 Å². The number of phenols is 1. The molecule has 19 heavy (non-hydrogen) atoms. The highest BCUT2D eigenvalue weighted by Gasteiger charge is 2.09. The molecule has 3 heteroatoms. The third-order valence-electron chi connectivity index (χ3n) is 3.23. The summed E-state index contributed by atoms with van der Waals surface area (Å²) in [5.41, 5.74) is 0.237. The molecule has 1 aromatic rings. The Labute approximate surface area is 115 Å². The second-order valence-electron chi connectivity index (χ2n) is 5.07. The minimum absolute atomic E-state index is 0.0249. The average molecular weight is 264 g/mol. The van der Waals surface area contributed by atoms with Gasteiger partial charge >= 0.3 is 0 Å². The van der Waals surface area contributed by atoms with Crippen molar-refractivity contribution in [2.24, 2.45) is 5.92 Å². The van der Waals surface area contributed by atoms with Gasteiger partial charge in [-0.25, -0.2) is 0 Å². The van der Waals surface area contributed by atoms with Gasteiger partial charge in [-0.05, 0) is 24.5 Å². The molecular weight excluding hydrogens is 240 g/mol. The number of phenolic OH excluding ortho intramolecular Hbond substituents is 1. The summed E-state index contributed by atoms with van der Waals surface area (Å²) in [6, 6.07) is 4.89. The van der Waals surface area contributed by atoms with E-state index in [2.05, 4.69) is 13.8 Å². The molecule has 0 bridgehead atoms. The van der Waals surface area contributed by atoms with Crippen molar-refractivity contribution in [3.8, 4) is 11.5 Å². The fraction of sp³-hybridized carbons (Fsp3) is 0.562. The molecule has 0 amide bonds. The van der Waals surface area contributed by atoms with E-state index in [4.69, 9.17) is 4.74 Å². The number of carbonyl (C=O) groups is 1. The van der Waals surface area contributed by atoms with E-state index < -0.39 is 0 Å². The van der Waals surface area contributed by atoms with E-state index >= 15 is 0 Å². The molecule has 1 unspecified atom stereocenters. The predicted molar refractivity (Wildman–Crippen MR) is 76.9 cm³/mol. The summed E-state index contributed by atoms with van der Waals surface area (Å²) in [6.07, 6.45) is 6.80. The molecule has 0 aliphatic heterocycles. The summed E-state index contributed by atoms with van der Waals surface area (Å²) >= 11 is 0. The first-order chi connectivity index (χ1) is 9.19. The van der Waals surface area contributed by atoms with Crippen molar-refractivity contribution >= 4 is 6.29 Å². The van der Waals surface area contributed by atoms with Gasteiger partial charge < -0.3 is 9.84 Å². The summed E-state index contributed by atoms with van der Waals surface area (Å²) in [6.45, 7) is 4.93. The van der Waals surface area contributed by atoms with Gasteiger partial charge in [0.05, 0.1) is 12.2 Å². The Morgan fingerprint density at radius 3 is 2.79 bits per heavy atom. The van der Waals surface area contributed by atoms with Crippen LogP contribution in [0.1, 0.15) is 56.3 Å². The van der Waals surface area contributed by atoms with E-state index in [0.717, 1.165) is 6.42 Å². The van der Waals surface area contributed by atoms with Crippen LogP contribution in [0.25, 0.3) is 0 Å². The zero-order chi connectivity index (χ0) is 14.1. The first-order valence-electron chi connectivity index (χ1n) is 7.09. The Hall–Kier alpha value is -1.51. The van der Waals surface area contributed by atoms with E-state index in [9.17, 15) is 9.90 Å². The molecular formula is C16H24O3. The van der Waals surface area contributed by atoms with E-state index in [1.807, 2.05) is 0 Å². The van der Waals surface area contributed by atoms with Crippen molar-refractivity contribution in [3.63, 3.8) is 0 Å². The standard InChI is InChI=1S/C16H24O3/c1-3-4-5-6-8-13(2)12-19-16-10-7-9-15(18)14(16)11-17/h7,9-11,13,18H,3-6,8,12H2,1-2H3. The Morgan fingerprint density at radius 1 is 1.32 bits per heavy atom. The van der Waals surface area contributed by atoms with Crippen LogP contribution in [-0.2, 0) is 0 Å². The molecule has 1 rings (SSSR count). The molecule has 1 atom stereocenters. The molecule has 0 aliphatic rings. The fourth-order valence-corrected chi connectivity index (χ4v) is 2.01. The number of hydrogen-bond acceptors (Lipinski definition) is 3. The number of ether oxygens (including phenoxy) is 1. The van der Waals surface area contributed by atoms with Crippen molar-refractivity contribution in [2.75, 3.05) is 6.61 Å². The Balaban J connectivity index is 2.39. The topological polar surface area (TPSA) is 46.5 Å². The predicted octanol–water partition coefficient (Wildman–Crippen LogP) is 4.19. The number of hydrogen-bond donors (Lipinski definition) is 1.